The predicted molar refractivity (Wildman–Crippen MR) is 70.4 cm³/mol. The molecule has 1 N–H and O–H groups in total. The van der Waals surface area contributed by atoms with Gasteiger partial charge < -0.3 is 5.32 Å². The maximum Gasteiger partial charge on any atom is 0.248 e. The van der Waals surface area contributed by atoms with Gasteiger partial charge in [-0.2, -0.15) is 0 Å². The summed E-state index contributed by atoms with van der Waals surface area (Å²) in [7, 11) is 0. The summed E-state index contributed by atoms with van der Waals surface area (Å²) in [6.45, 7) is 0. The number of carbonyl (C=O) groups is 1. The Morgan fingerprint density at radius 3 is 2.25 bits per heavy atom. The third-order valence-corrected chi connectivity index (χ3v) is 2.49. The number of rotatable bonds is 3. The molecule has 102 valence electrons. The van der Waals surface area contributed by atoms with Gasteiger partial charge in [-0.1, -0.05) is 12.1 Å². The molecular weight excluding hydrogens is 267 g/mol. The van der Waals surface area contributed by atoms with Gasteiger partial charge in [0.15, 0.2) is 0 Å². The summed E-state index contributed by atoms with van der Waals surface area (Å²) < 4.78 is 38.7. The van der Waals surface area contributed by atoms with Crippen LogP contribution in [0.4, 0.5) is 18.9 Å². The molecule has 0 atom stereocenters. The van der Waals surface area contributed by atoms with Crippen molar-refractivity contribution in [2.75, 3.05) is 5.32 Å². The average Bonchev–Trinajstić information content (AvgIpc) is 2.41. The van der Waals surface area contributed by atoms with Crippen LogP contribution in [0.5, 0.6) is 0 Å². The van der Waals surface area contributed by atoms with Gasteiger partial charge >= 0.3 is 0 Å². The van der Waals surface area contributed by atoms with Crippen LogP contribution in [0.3, 0.4) is 0 Å². The number of hydrogen-bond donors (Lipinski definition) is 1. The summed E-state index contributed by atoms with van der Waals surface area (Å²) >= 11 is 0. The van der Waals surface area contributed by atoms with Crippen LogP contribution < -0.4 is 5.32 Å². The van der Waals surface area contributed by atoms with Gasteiger partial charge in [-0.3, -0.25) is 4.79 Å². The molecule has 0 aliphatic rings. The zero-order valence-corrected chi connectivity index (χ0v) is 10.2. The van der Waals surface area contributed by atoms with E-state index >= 15 is 0 Å². The lowest BCUT2D eigenvalue weighted by atomic mass is 10.2. The first kappa shape index (κ1) is 13.9. The van der Waals surface area contributed by atoms with Gasteiger partial charge in [0.1, 0.15) is 17.5 Å². The molecule has 0 fully saturated rings. The number of anilines is 1. The van der Waals surface area contributed by atoms with E-state index < -0.39 is 17.5 Å². The zero-order valence-electron chi connectivity index (χ0n) is 10.2. The Morgan fingerprint density at radius 2 is 1.60 bits per heavy atom. The fraction of sp³-hybridized carbons (Fsp3) is 0. The lowest BCUT2D eigenvalue weighted by Gasteiger charge is -2.03. The molecular formula is C15H10F3NO. The van der Waals surface area contributed by atoms with Crippen molar-refractivity contribution >= 4 is 17.7 Å². The van der Waals surface area contributed by atoms with Crippen LogP contribution in [0.1, 0.15) is 5.56 Å². The number of nitrogens with one attached hydrogen (secondary N) is 1. The van der Waals surface area contributed by atoms with Crippen molar-refractivity contribution in [3.8, 4) is 0 Å². The Balaban J connectivity index is 2.03. The summed E-state index contributed by atoms with van der Waals surface area (Å²) in [6, 6.07) is 8.37. The van der Waals surface area contributed by atoms with Gasteiger partial charge in [-0.25, -0.2) is 13.2 Å². The molecule has 0 saturated heterocycles. The topological polar surface area (TPSA) is 29.1 Å². The molecule has 0 saturated carbocycles. The summed E-state index contributed by atoms with van der Waals surface area (Å²) in [5, 5.41) is 2.28. The molecule has 0 spiro atoms. The molecule has 0 aliphatic heterocycles. The number of amides is 1. The number of carbonyl (C=O) groups excluding carboxylic acids is 1. The molecule has 2 aromatic carbocycles. The molecule has 0 heterocycles. The molecule has 2 rings (SSSR count). The van der Waals surface area contributed by atoms with Crippen LogP contribution >= 0.6 is 0 Å². The normalized spacial score (nSPS) is 10.8. The van der Waals surface area contributed by atoms with E-state index in [-0.39, 0.29) is 11.5 Å². The second kappa shape index (κ2) is 6.06. The summed E-state index contributed by atoms with van der Waals surface area (Å²) in [4.78, 5) is 11.6. The maximum absolute atomic E-state index is 13.3. The van der Waals surface area contributed by atoms with Gasteiger partial charge in [-0.15, -0.1) is 0 Å². The van der Waals surface area contributed by atoms with E-state index in [9.17, 15) is 18.0 Å². The molecule has 1 amide bonds. The van der Waals surface area contributed by atoms with Gasteiger partial charge in [0.05, 0.1) is 5.69 Å². The Hall–Kier alpha value is -2.56. The summed E-state index contributed by atoms with van der Waals surface area (Å²) in [6.07, 6.45) is 2.63. The molecule has 2 nitrogen and oxygen atoms in total. The van der Waals surface area contributed by atoms with E-state index in [0.29, 0.717) is 11.6 Å². The number of halogens is 3. The number of hydrogen-bond acceptors (Lipinski definition) is 1. The first-order chi connectivity index (χ1) is 9.54. The number of benzene rings is 2. The van der Waals surface area contributed by atoms with E-state index in [1.807, 2.05) is 0 Å². The SMILES string of the molecule is O=C(C=Cc1ccc(F)cc1)Nc1ccc(F)cc1F. The van der Waals surface area contributed by atoms with Crippen molar-refractivity contribution in [1.82, 2.24) is 0 Å². The molecule has 20 heavy (non-hydrogen) atoms. The van der Waals surface area contributed by atoms with Crippen molar-refractivity contribution < 1.29 is 18.0 Å². The van der Waals surface area contributed by atoms with Gasteiger partial charge in [-0.05, 0) is 35.9 Å². The van der Waals surface area contributed by atoms with Gasteiger partial charge in [0, 0.05) is 12.1 Å². The summed E-state index contributed by atoms with van der Waals surface area (Å²) in [5.41, 5.74) is 0.515. The third kappa shape index (κ3) is 3.71. The predicted octanol–water partition coefficient (Wildman–Crippen LogP) is 3.76. The third-order valence-electron chi connectivity index (χ3n) is 2.49. The highest BCUT2D eigenvalue weighted by Gasteiger charge is 2.05. The van der Waals surface area contributed by atoms with Crippen LogP contribution in [0.25, 0.3) is 6.08 Å². The minimum absolute atomic E-state index is 0.111. The van der Waals surface area contributed by atoms with E-state index in [0.717, 1.165) is 12.1 Å². The van der Waals surface area contributed by atoms with Gasteiger partial charge in [0.25, 0.3) is 0 Å². The monoisotopic (exact) mass is 277 g/mol. The Labute approximate surface area is 113 Å². The lowest BCUT2D eigenvalue weighted by molar-refractivity contribution is -0.111. The van der Waals surface area contributed by atoms with Crippen LogP contribution in [0.2, 0.25) is 0 Å². The first-order valence-electron chi connectivity index (χ1n) is 5.74. The second-order valence-corrected chi connectivity index (χ2v) is 4.00. The Morgan fingerprint density at radius 1 is 0.950 bits per heavy atom. The van der Waals surface area contributed by atoms with Crippen LogP contribution in [-0.2, 0) is 4.79 Å². The zero-order chi connectivity index (χ0) is 14.5. The minimum Gasteiger partial charge on any atom is -0.320 e. The summed E-state index contributed by atoms with van der Waals surface area (Å²) in [5.74, 6) is -2.52. The van der Waals surface area contributed by atoms with Gasteiger partial charge in [0.2, 0.25) is 5.91 Å². The molecule has 5 heteroatoms. The maximum atomic E-state index is 13.3. The molecule has 0 aromatic heterocycles. The van der Waals surface area contributed by atoms with E-state index in [4.69, 9.17) is 0 Å². The van der Waals surface area contributed by atoms with Crippen molar-refractivity contribution in [3.63, 3.8) is 0 Å². The molecule has 2 aromatic rings. The smallest absolute Gasteiger partial charge is 0.248 e. The average molecular weight is 277 g/mol. The highest BCUT2D eigenvalue weighted by molar-refractivity contribution is 6.01. The molecule has 0 radical (unpaired) electrons. The molecule has 0 aliphatic carbocycles. The highest BCUT2D eigenvalue weighted by atomic mass is 19.1. The van der Waals surface area contributed by atoms with Crippen LogP contribution in [0, 0.1) is 17.5 Å². The first-order valence-corrected chi connectivity index (χ1v) is 5.74. The van der Waals surface area contributed by atoms with E-state index in [1.165, 1.54) is 36.4 Å². The lowest BCUT2D eigenvalue weighted by Crippen LogP contribution is -2.09. The van der Waals surface area contributed by atoms with E-state index in [1.54, 1.807) is 0 Å². The highest BCUT2D eigenvalue weighted by Crippen LogP contribution is 2.15. The Kier molecular flexibility index (Phi) is 4.20. The van der Waals surface area contributed by atoms with Crippen molar-refractivity contribution in [2.45, 2.75) is 0 Å². The molecule has 0 bridgehead atoms. The Bertz CT molecular complexity index is 651. The van der Waals surface area contributed by atoms with Crippen molar-refractivity contribution in [1.29, 1.82) is 0 Å². The molecule has 0 unspecified atom stereocenters. The standard InChI is InChI=1S/C15H10F3NO/c16-11-4-1-10(2-5-11)3-8-15(20)19-14-7-6-12(17)9-13(14)18/h1-9H,(H,19,20). The minimum atomic E-state index is -0.853. The quantitative estimate of drug-likeness (QED) is 0.850. The fourth-order valence-electron chi connectivity index (χ4n) is 1.51. The second-order valence-electron chi connectivity index (χ2n) is 4.00. The van der Waals surface area contributed by atoms with E-state index in [2.05, 4.69) is 5.32 Å². The van der Waals surface area contributed by atoms with Crippen molar-refractivity contribution in [3.05, 3.63) is 71.6 Å². The fourth-order valence-corrected chi connectivity index (χ4v) is 1.51. The van der Waals surface area contributed by atoms with Crippen LogP contribution in [0.15, 0.2) is 48.5 Å². The van der Waals surface area contributed by atoms with Crippen LogP contribution in [-0.4, -0.2) is 5.91 Å². The largest absolute Gasteiger partial charge is 0.320 e. The van der Waals surface area contributed by atoms with Crippen molar-refractivity contribution in [2.24, 2.45) is 0 Å².